The highest BCUT2D eigenvalue weighted by atomic mass is 35.5. The molecule has 28 nitrogen and oxygen atoms in total. The zero-order valence-electron chi connectivity index (χ0n) is 67.7. The van der Waals surface area contributed by atoms with Gasteiger partial charge in [0.1, 0.15) is 60.4 Å². The lowest BCUT2D eigenvalue weighted by Crippen LogP contribution is -2.63. The Bertz CT molecular complexity index is 3330. The molecule has 0 bridgehead atoms. The first kappa shape index (κ1) is 92.6. The van der Waals surface area contributed by atoms with Crippen LogP contribution in [0.3, 0.4) is 0 Å². The van der Waals surface area contributed by atoms with Gasteiger partial charge in [0.2, 0.25) is 70.9 Å². The summed E-state index contributed by atoms with van der Waals surface area (Å²) < 4.78 is 12.2. The van der Waals surface area contributed by atoms with Crippen molar-refractivity contribution in [3.05, 3.63) is 70.7 Å². The highest BCUT2D eigenvalue weighted by Crippen LogP contribution is 2.25. The number of likely N-dealkylation sites (tertiary alicyclic amines) is 1. The molecule has 0 aromatic heterocycles. The number of aliphatic hydroxyl groups is 2. The standard InChI is InChI=1S/C79H127ClN12O16/c1-48(2)39-60-69(97)81-57(75(103)92-36-25-22-26-37-92)45-66(96)85(14)35-28-33-65(95)91(20)68(51(7)8)72(100)83-58(46-107-38-34-52(9)93)73(101)89(18)64(43-54-29-23-21-24-30-54)77(105)88(17)62(44-55-31-27-32-56(80)42-55)70(98)82-59(47-108-79(11,12)13)74(102)86(15)61(40-49(3)4)71(99)84-67(53(10)94)78(106)90(19)63(41-50(5)6)76(104)87(60)16/h21,23-24,27,29-32,42,48-53,57-64,67-68,93-94H,22,25-26,28,33-41,43-47H2,1-20H3,(H,81,97)(H,82,98)(H,83,100)(H,84,99)/t52-,53-,57+,58?,59+,60+,61+,62+,63+,64+,67+,68+/m1/s1. The molecule has 2 heterocycles. The second-order valence-corrected chi connectivity index (χ2v) is 32.4. The molecular formula is C79H127ClN12O16. The maximum absolute atomic E-state index is 15.8. The maximum atomic E-state index is 15.8. The average Bonchev–Trinajstić information content (AvgIpc) is 0.811. The Hall–Kier alpha value is -7.79. The van der Waals surface area contributed by atoms with Crippen LogP contribution in [0.1, 0.15) is 165 Å². The van der Waals surface area contributed by atoms with Gasteiger partial charge >= 0.3 is 0 Å². The van der Waals surface area contributed by atoms with Gasteiger partial charge in [-0.25, -0.2) is 0 Å². The maximum Gasteiger partial charge on any atom is 0.248 e. The predicted octanol–water partition coefficient (Wildman–Crippen LogP) is 4.46. The molecule has 6 N–H and O–H groups in total. The van der Waals surface area contributed by atoms with Gasteiger partial charge in [0.15, 0.2) is 0 Å². The minimum absolute atomic E-state index is 0.00474. The molecule has 12 amide bonds. The monoisotopic (exact) mass is 1530 g/mol. The number of hydrogen-bond acceptors (Lipinski definition) is 16. The number of carbonyl (C=O) groups is 12. The molecule has 4 rings (SSSR count). The molecule has 0 aliphatic carbocycles. The first-order valence-corrected chi connectivity index (χ1v) is 38.5. The molecule has 0 radical (unpaired) electrons. The average molecular weight is 1540 g/mol. The first-order valence-electron chi connectivity index (χ1n) is 38.2. The van der Waals surface area contributed by atoms with Crippen molar-refractivity contribution in [1.29, 1.82) is 0 Å². The van der Waals surface area contributed by atoms with Crippen LogP contribution in [-0.2, 0) is 79.8 Å². The van der Waals surface area contributed by atoms with E-state index < -0.39 is 175 Å². The van der Waals surface area contributed by atoms with Crippen LogP contribution < -0.4 is 21.3 Å². The highest BCUT2D eigenvalue weighted by Gasteiger charge is 2.45. The zero-order chi connectivity index (χ0) is 81.4. The first-order chi connectivity index (χ1) is 50.5. The lowest BCUT2D eigenvalue weighted by Gasteiger charge is -2.38. The number of ether oxygens (including phenoxy) is 2. The van der Waals surface area contributed by atoms with Crippen molar-refractivity contribution in [2.45, 2.75) is 245 Å². The van der Waals surface area contributed by atoms with Crippen molar-refractivity contribution in [3.63, 3.8) is 0 Å². The van der Waals surface area contributed by atoms with E-state index >= 15 is 38.4 Å². The molecule has 2 aliphatic rings. The molecule has 12 atom stereocenters. The molecule has 29 heteroatoms. The normalized spacial score (nSPS) is 24.8. The molecule has 0 saturated carbocycles. The van der Waals surface area contributed by atoms with E-state index in [1.807, 2.05) is 27.7 Å². The van der Waals surface area contributed by atoms with E-state index in [9.17, 15) is 29.4 Å². The Balaban J connectivity index is 2.01. The molecule has 2 aromatic carbocycles. The summed E-state index contributed by atoms with van der Waals surface area (Å²) in [7, 11) is 9.83. The van der Waals surface area contributed by atoms with E-state index in [-0.39, 0.29) is 82.3 Å². The van der Waals surface area contributed by atoms with Gasteiger partial charge in [0.05, 0.1) is 37.4 Å². The van der Waals surface area contributed by atoms with Gasteiger partial charge in [-0.15, -0.1) is 0 Å². The number of nitrogens with one attached hydrogen (secondary N) is 4. The molecule has 2 fully saturated rings. The summed E-state index contributed by atoms with van der Waals surface area (Å²) in [6, 6.07) is 1.10. The van der Waals surface area contributed by atoms with E-state index in [0.717, 1.165) is 21.1 Å². The zero-order valence-corrected chi connectivity index (χ0v) is 68.5. The second-order valence-electron chi connectivity index (χ2n) is 32.0. The van der Waals surface area contributed by atoms with Crippen molar-refractivity contribution in [2.24, 2.45) is 23.7 Å². The second kappa shape index (κ2) is 43.6. The lowest BCUT2D eigenvalue weighted by molar-refractivity contribution is -0.152. The van der Waals surface area contributed by atoms with Gasteiger partial charge in [-0.3, -0.25) is 57.5 Å². The SMILES string of the molecule is CC(C)C[C@H]1C(=O)N[C@@H]([C@@H](C)O)C(=O)N(C)[C@@H](CC(C)C)C(=O)N(C)[C@@H](CC(C)C)C(=O)N[C@H](C(=O)N2CCCCC2)CC(=O)N(C)CCCC(=O)N(C)[C@@H](C(C)C)C(=O)NC(COCC[C@@H](C)O)C(=O)N(C)[C@@H](Cc2ccccc2)C(=O)N(C)[C@@H](Cc2cccc(Cl)c2)C(=O)N[C@@H](COC(C)(C)C)C(=O)N1C. The van der Waals surface area contributed by atoms with Crippen molar-refractivity contribution in [2.75, 3.05) is 88.8 Å². The summed E-state index contributed by atoms with van der Waals surface area (Å²) in [6.45, 7) is 22.3. The van der Waals surface area contributed by atoms with Crippen LogP contribution in [0.25, 0.3) is 0 Å². The molecular weight excluding hydrogens is 1410 g/mol. The number of amides is 12. The van der Waals surface area contributed by atoms with Gasteiger partial charge < -0.3 is 80.2 Å². The van der Waals surface area contributed by atoms with Crippen LogP contribution in [0.2, 0.25) is 5.02 Å². The van der Waals surface area contributed by atoms with Crippen LogP contribution in [-0.4, -0.2) is 287 Å². The summed E-state index contributed by atoms with van der Waals surface area (Å²) in [5.41, 5.74) is 0.172. The summed E-state index contributed by atoms with van der Waals surface area (Å²) >= 11 is 6.56. The fraction of sp³-hybridized carbons (Fsp3) is 0.696. The molecule has 2 aromatic rings. The third kappa shape index (κ3) is 28.3. The quantitative estimate of drug-likeness (QED) is 0.0997. The summed E-state index contributed by atoms with van der Waals surface area (Å²) in [6.07, 6.45) is -0.764. The van der Waals surface area contributed by atoms with Gasteiger partial charge in [-0.05, 0) is 133 Å². The van der Waals surface area contributed by atoms with Crippen molar-refractivity contribution in [3.8, 4) is 0 Å². The summed E-state index contributed by atoms with van der Waals surface area (Å²) in [4.78, 5) is 191. The van der Waals surface area contributed by atoms with Crippen molar-refractivity contribution >= 4 is 82.5 Å². The number of likely N-dealkylation sites (N-methyl/N-ethyl adjacent to an activating group) is 6. The molecule has 0 spiro atoms. The summed E-state index contributed by atoms with van der Waals surface area (Å²) in [5, 5.41) is 33.3. The fourth-order valence-electron chi connectivity index (χ4n) is 13.4. The van der Waals surface area contributed by atoms with Crippen LogP contribution in [0.5, 0.6) is 0 Å². The predicted molar refractivity (Wildman–Crippen MR) is 412 cm³/mol. The van der Waals surface area contributed by atoms with E-state index in [2.05, 4.69) is 21.3 Å². The number of nitrogens with zero attached hydrogens (tertiary/aromatic N) is 8. The van der Waals surface area contributed by atoms with E-state index in [4.69, 9.17) is 21.1 Å². The lowest BCUT2D eigenvalue weighted by atomic mass is 9.96. The number of benzene rings is 2. The van der Waals surface area contributed by atoms with Gasteiger partial charge in [-0.1, -0.05) is 109 Å². The molecule has 108 heavy (non-hydrogen) atoms. The Morgan fingerprint density at radius 3 is 1.54 bits per heavy atom. The van der Waals surface area contributed by atoms with Crippen LogP contribution in [0.4, 0.5) is 0 Å². The minimum Gasteiger partial charge on any atom is -0.393 e. The topological polar surface area (TPSA) is 338 Å². The number of carbonyl (C=O) groups excluding carboxylic acids is 12. The van der Waals surface area contributed by atoms with E-state index in [1.54, 1.807) is 115 Å². The van der Waals surface area contributed by atoms with Crippen LogP contribution >= 0.6 is 11.6 Å². The Labute approximate surface area is 645 Å². The van der Waals surface area contributed by atoms with Gasteiger partial charge in [0.25, 0.3) is 0 Å². The smallest absolute Gasteiger partial charge is 0.248 e. The van der Waals surface area contributed by atoms with E-state index in [1.165, 1.54) is 75.9 Å². The molecule has 2 aliphatic heterocycles. The third-order valence-electron chi connectivity index (χ3n) is 19.8. The van der Waals surface area contributed by atoms with E-state index in [0.29, 0.717) is 42.1 Å². The summed E-state index contributed by atoms with van der Waals surface area (Å²) in [5.74, 6) is -10.0. The number of aliphatic hydroxyl groups excluding tert-OH is 2. The van der Waals surface area contributed by atoms with Gasteiger partial charge in [0, 0.05) is 99.9 Å². The molecule has 606 valence electrons. The molecule has 2 saturated heterocycles. The number of halogens is 1. The number of rotatable bonds is 20. The van der Waals surface area contributed by atoms with Gasteiger partial charge in [-0.2, -0.15) is 0 Å². The Morgan fingerprint density at radius 1 is 0.519 bits per heavy atom. The minimum atomic E-state index is -1.73. The fourth-order valence-corrected chi connectivity index (χ4v) is 13.6. The largest absolute Gasteiger partial charge is 0.393 e. The number of hydrogen-bond donors (Lipinski definition) is 6. The Morgan fingerprint density at radius 2 is 1.00 bits per heavy atom. The van der Waals surface area contributed by atoms with Crippen LogP contribution in [0.15, 0.2) is 54.6 Å². The highest BCUT2D eigenvalue weighted by molar-refractivity contribution is 6.30. The van der Waals surface area contributed by atoms with Crippen molar-refractivity contribution < 1.29 is 77.2 Å². The Kier molecular flexibility index (Phi) is 37.3. The number of piperidine rings is 1. The van der Waals surface area contributed by atoms with Crippen molar-refractivity contribution in [1.82, 2.24) is 60.5 Å². The third-order valence-corrected chi connectivity index (χ3v) is 20.1. The van der Waals surface area contributed by atoms with Crippen LogP contribution in [0, 0.1) is 23.7 Å². The molecule has 1 unspecified atom stereocenters.